The van der Waals surface area contributed by atoms with Gasteiger partial charge in [0.15, 0.2) is 0 Å². The number of allylic oxidation sites excluding steroid dienone is 3. The van der Waals surface area contributed by atoms with E-state index >= 15 is 0 Å². The maximum atomic E-state index is 13.7. The van der Waals surface area contributed by atoms with Crippen LogP contribution in [0.2, 0.25) is 0 Å². The van der Waals surface area contributed by atoms with Crippen LogP contribution >= 0.6 is 0 Å². The van der Waals surface area contributed by atoms with Gasteiger partial charge in [0, 0.05) is 11.3 Å². The Balaban J connectivity index is 3.48. The highest BCUT2D eigenvalue weighted by atomic mass is 32.2. The lowest BCUT2D eigenvalue weighted by molar-refractivity contribution is 0.599. The average molecular weight is 352 g/mol. The molecule has 0 atom stereocenters. The molecule has 1 aromatic carbocycles. The molecule has 24 heavy (non-hydrogen) atoms. The standard InChI is InChI=1S/C18H25FN2O2S/c1-4-7-16(12-15(19)5-2)24(22,23)13(3)18-14(10-11-20)8-6-9-17(18)21/h6-9,12H,3-5,10-11,20-21H2,1-2H3/b15-12+,16-7+. The summed E-state index contributed by atoms with van der Waals surface area (Å²) in [5, 5.41) is 0. The second kappa shape index (κ2) is 8.80. The minimum absolute atomic E-state index is 0.101. The first-order valence-corrected chi connectivity index (χ1v) is 9.35. The van der Waals surface area contributed by atoms with Crippen LogP contribution in [0.5, 0.6) is 0 Å². The SMILES string of the molecule is C=C(c1c(N)cccc1CCN)S(=O)(=O)C(/C=C(/F)CC)=C/CC. The van der Waals surface area contributed by atoms with Gasteiger partial charge < -0.3 is 11.5 Å². The first-order valence-electron chi connectivity index (χ1n) is 7.87. The van der Waals surface area contributed by atoms with Crippen LogP contribution in [0, 0.1) is 0 Å². The van der Waals surface area contributed by atoms with Gasteiger partial charge in [-0.2, -0.15) is 0 Å². The Morgan fingerprint density at radius 1 is 1.33 bits per heavy atom. The van der Waals surface area contributed by atoms with Crippen LogP contribution in [-0.2, 0) is 16.3 Å². The van der Waals surface area contributed by atoms with Crippen LogP contribution in [0.4, 0.5) is 10.1 Å². The van der Waals surface area contributed by atoms with E-state index in [2.05, 4.69) is 6.58 Å². The van der Waals surface area contributed by atoms with E-state index < -0.39 is 15.7 Å². The summed E-state index contributed by atoms with van der Waals surface area (Å²) in [5.41, 5.74) is 12.9. The summed E-state index contributed by atoms with van der Waals surface area (Å²) in [4.78, 5) is -0.236. The van der Waals surface area contributed by atoms with Crippen molar-refractivity contribution in [2.45, 2.75) is 33.1 Å². The zero-order chi connectivity index (χ0) is 18.3. The van der Waals surface area contributed by atoms with Crippen molar-refractivity contribution in [3.8, 4) is 0 Å². The first-order chi connectivity index (χ1) is 11.3. The van der Waals surface area contributed by atoms with Crippen molar-refractivity contribution < 1.29 is 12.8 Å². The first kappa shape index (κ1) is 20.1. The normalized spacial score (nSPS) is 13.2. The molecule has 0 bridgehead atoms. The predicted octanol–water partition coefficient (Wildman–Crippen LogP) is 3.71. The summed E-state index contributed by atoms with van der Waals surface area (Å²) >= 11 is 0. The Morgan fingerprint density at radius 2 is 2.00 bits per heavy atom. The monoisotopic (exact) mass is 352 g/mol. The van der Waals surface area contributed by atoms with Gasteiger partial charge in [0.25, 0.3) is 0 Å². The van der Waals surface area contributed by atoms with E-state index in [1.54, 1.807) is 32.0 Å². The van der Waals surface area contributed by atoms with Gasteiger partial charge in [-0.3, -0.25) is 0 Å². The van der Waals surface area contributed by atoms with Gasteiger partial charge in [-0.1, -0.05) is 38.6 Å². The topological polar surface area (TPSA) is 86.2 Å². The molecule has 6 heteroatoms. The second-order valence-corrected chi connectivity index (χ2v) is 7.28. The number of hydrogen-bond acceptors (Lipinski definition) is 4. The molecule has 0 radical (unpaired) electrons. The smallest absolute Gasteiger partial charge is 0.206 e. The van der Waals surface area contributed by atoms with Gasteiger partial charge in [-0.05, 0) is 43.5 Å². The minimum Gasteiger partial charge on any atom is -0.398 e. The van der Waals surface area contributed by atoms with E-state index in [4.69, 9.17) is 11.5 Å². The quantitative estimate of drug-likeness (QED) is 0.551. The molecule has 0 aromatic heterocycles. The molecule has 1 rings (SSSR count). The lowest BCUT2D eigenvalue weighted by Crippen LogP contribution is -2.11. The molecule has 0 saturated carbocycles. The fraction of sp³-hybridized carbons (Fsp3) is 0.333. The Morgan fingerprint density at radius 3 is 2.54 bits per heavy atom. The van der Waals surface area contributed by atoms with Gasteiger partial charge in [-0.15, -0.1) is 0 Å². The number of hydrogen-bond donors (Lipinski definition) is 2. The van der Waals surface area contributed by atoms with Crippen molar-refractivity contribution in [1.29, 1.82) is 0 Å². The molecule has 0 spiro atoms. The van der Waals surface area contributed by atoms with Gasteiger partial charge in [0.2, 0.25) is 9.84 Å². The lowest BCUT2D eigenvalue weighted by atomic mass is 10.0. The summed E-state index contributed by atoms with van der Waals surface area (Å²) in [6.45, 7) is 7.49. The van der Waals surface area contributed by atoms with E-state index in [1.807, 2.05) is 0 Å². The Kier molecular flexibility index (Phi) is 7.38. The van der Waals surface area contributed by atoms with Crippen molar-refractivity contribution in [3.63, 3.8) is 0 Å². The van der Waals surface area contributed by atoms with E-state index in [1.165, 1.54) is 6.08 Å². The van der Waals surface area contributed by atoms with Crippen LogP contribution in [0.25, 0.3) is 4.91 Å². The molecule has 0 unspecified atom stereocenters. The second-order valence-electron chi connectivity index (χ2n) is 5.31. The molecule has 0 amide bonds. The third-order valence-electron chi connectivity index (χ3n) is 3.55. The lowest BCUT2D eigenvalue weighted by Gasteiger charge is -2.15. The van der Waals surface area contributed by atoms with E-state index in [0.717, 1.165) is 6.08 Å². The number of rotatable bonds is 8. The molecule has 0 aliphatic rings. The van der Waals surface area contributed by atoms with Crippen molar-refractivity contribution in [2.24, 2.45) is 5.73 Å². The van der Waals surface area contributed by atoms with Gasteiger partial charge in [-0.25, -0.2) is 12.8 Å². The van der Waals surface area contributed by atoms with E-state index in [0.29, 0.717) is 36.2 Å². The predicted molar refractivity (Wildman–Crippen MR) is 99.4 cm³/mol. The fourth-order valence-electron chi connectivity index (χ4n) is 2.30. The van der Waals surface area contributed by atoms with Crippen molar-refractivity contribution in [3.05, 3.63) is 58.8 Å². The molecular weight excluding hydrogens is 327 g/mol. The molecule has 4 nitrogen and oxygen atoms in total. The third kappa shape index (κ3) is 4.55. The van der Waals surface area contributed by atoms with Crippen molar-refractivity contribution >= 4 is 20.4 Å². The highest BCUT2D eigenvalue weighted by Crippen LogP contribution is 2.33. The number of sulfone groups is 1. The zero-order valence-corrected chi connectivity index (χ0v) is 15.0. The number of benzene rings is 1. The largest absolute Gasteiger partial charge is 0.398 e. The highest BCUT2D eigenvalue weighted by molar-refractivity contribution is 8.04. The van der Waals surface area contributed by atoms with Crippen LogP contribution in [0.1, 0.15) is 37.8 Å². The fourth-order valence-corrected chi connectivity index (χ4v) is 3.78. The Labute approximate surface area is 143 Å². The summed E-state index contributed by atoms with van der Waals surface area (Å²) in [5.74, 6) is -0.505. The van der Waals surface area contributed by atoms with Crippen LogP contribution in [0.15, 0.2) is 47.7 Å². The summed E-state index contributed by atoms with van der Waals surface area (Å²) in [7, 11) is -3.96. The molecule has 0 saturated heterocycles. The molecule has 0 aliphatic heterocycles. The molecule has 4 N–H and O–H groups in total. The van der Waals surface area contributed by atoms with Gasteiger partial charge in [0.05, 0.1) is 9.81 Å². The summed E-state index contributed by atoms with van der Waals surface area (Å²) in [6.07, 6.45) is 3.56. The number of anilines is 1. The summed E-state index contributed by atoms with van der Waals surface area (Å²) in [6, 6.07) is 5.12. The highest BCUT2D eigenvalue weighted by Gasteiger charge is 2.25. The van der Waals surface area contributed by atoms with Crippen LogP contribution in [-0.4, -0.2) is 15.0 Å². The number of halogens is 1. The molecule has 0 heterocycles. The van der Waals surface area contributed by atoms with Crippen LogP contribution in [0.3, 0.4) is 0 Å². The van der Waals surface area contributed by atoms with Gasteiger partial charge in [0.1, 0.15) is 5.83 Å². The maximum absolute atomic E-state index is 13.7. The zero-order valence-electron chi connectivity index (χ0n) is 14.2. The Hall–Kier alpha value is -1.92. The third-order valence-corrected chi connectivity index (χ3v) is 5.31. The van der Waals surface area contributed by atoms with E-state index in [9.17, 15) is 12.8 Å². The van der Waals surface area contributed by atoms with E-state index in [-0.39, 0.29) is 16.2 Å². The molecular formula is C18H25FN2O2S. The average Bonchev–Trinajstić information content (AvgIpc) is 2.54. The maximum Gasteiger partial charge on any atom is 0.206 e. The molecule has 0 fully saturated rings. The van der Waals surface area contributed by atoms with Crippen molar-refractivity contribution in [1.82, 2.24) is 0 Å². The number of nitrogens with two attached hydrogens (primary N) is 2. The molecule has 132 valence electrons. The molecule has 0 aliphatic carbocycles. The van der Waals surface area contributed by atoms with Crippen LogP contribution < -0.4 is 11.5 Å². The molecule has 1 aromatic rings. The summed E-state index contributed by atoms with van der Waals surface area (Å²) < 4.78 is 39.5. The minimum atomic E-state index is -3.96. The Bertz CT molecular complexity index is 765. The van der Waals surface area contributed by atoms with Gasteiger partial charge >= 0.3 is 0 Å². The number of nitrogen functional groups attached to an aromatic ring is 1. The van der Waals surface area contributed by atoms with Crippen molar-refractivity contribution in [2.75, 3.05) is 12.3 Å².